The largest absolute Gasteiger partial charge is 0.493 e. The van der Waals surface area contributed by atoms with Gasteiger partial charge in [0, 0.05) is 6.42 Å². The van der Waals surface area contributed by atoms with Gasteiger partial charge < -0.3 is 15.2 Å². The van der Waals surface area contributed by atoms with E-state index in [4.69, 9.17) is 22.7 Å². The van der Waals surface area contributed by atoms with E-state index in [1.807, 2.05) is 0 Å². The highest BCUT2D eigenvalue weighted by atomic mass is 32.1. The molecule has 1 aromatic rings. The molecule has 0 radical (unpaired) electrons. The fourth-order valence-corrected chi connectivity index (χ4v) is 1.39. The molecular weight excluding hydrogens is 236 g/mol. The third-order valence-electron chi connectivity index (χ3n) is 1.82. The number of rotatable bonds is 5. The summed E-state index contributed by atoms with van der Waals surface area (Å²) in [4.78, 5) is 0.285. The fraction of sp³-hybridized carbons (Fsp3) is 0.300. The normalized spacial score (nSPS) is 10.2. The van der Waals surface area contributed by atoms with E-state index in [0.717, 1.165) is 0 Å². The SMILES string of the molecule is COc1ccc(CC(N)=S)cc1OC(F)F. The van der Waals surface area contributed by atoms with Crippen LogP contribution >= 0.6 is 12.2 Å². The quantitative estimate of drug-likeness (QED) is 0.809. The Hall–Kier alpha value is -1.43. The van der Waals surface area contributed by atoms with Crippen molar-refractivity contribution < 1.29 is 18.3 Å². The van der Waals surface area contributed by atoms with Crippen molar-refractivity contribution in [2.24, 2.45) is 5.73 Å². The van der Waals surface area contributed by atoms with Gasteiger partial charge in [-0.05, 0) is 17.7 Å². The molecule has 2 N–H and O–H groups in total. The molecule has 6 heteroatoms. The lowest BCUT2D eigenvalue weighted by molar-refractivity contribution is -0.0512. The molecule has 1 rings (SSSR count). The Labute approximate surface area is 97.1 Å². The van der Waals surface area contributed by atoms with Crippen LogP contribution in [0.4, 0.5) is 8.78 Å². The maximum absolute atomic E-state index is 12.1. The molecule has 0 atom stereocenters. The zero-order valence-electron chi connectivity index (χ0n) is 8.57. The van der Waals surface area contributed by atoms with Crippen molar-refractivity contribution in [1.82, 2.24) is 0 Å². The Bertz CT molecular complexity index is 385. The van der Waals surface area contributed by atoms with E-state index in [-0.39, 0.29) is 16.5 Å². The minimum atomic E-state index is -2.89. The van der Waals surface area contributed by atoms with Crippen molar-refractivity contribution in [2.45, 2.75) is 13.0 Å². The lowest BCUT2D eigenvalue weighted by atomic mass is 10.1. The molecule has 0 fully saturated rings. The third-order valence-corrected chi connectivity index (χ3v) is 1.97. The van der Waals surface area contributed by atoms with Crippen LogP contribution in [0.25, 0.3) is 0 Å². The summed E-state index contributed by atoms with van der Waals surface area (Å²) in [6.45, 7) is -2.89. The Morgan fingerprint density at radius 2 is 2.12 bits per heavy atom. The number of alkyl halides is 2. The summed E-state index contributed by atoms with van der Waals surface area (Å²) in [5.41, 5.74) is 6.06. The average molecular weight is 247 g/mol. The first-order chi connectivity index (χ1) is 7.52. The molecule has 1 aromatic carbocycles. The maximum atomic E-state index is 12.1. The van der Waals surface area contributed by atoms with Gasteiger partial charge in [-0.2, -0.15) is 8.78 Å². The van der Waals surface area contributed by atoms with E-state index in [9.17, 15) is 8.78 Å². The molecule has 16 heavy (non-hydrogen) atoms. The average Bonchev–Trinajstić information content (AvgIpc) is 2.16. The van der Waals surface area contributed by atoms with Crippen molar-refractivity contribution in [3.63, 3.8) is 0 Å². The van der Waals surface area contributed by atoms with Gasteiger partial charge in [0.15, 0.2) is 11.5 Å². The molecule has 0 amide bonds. The van der Waals surface area contributed by atoms with Crippen LogP contribution in [0, 0.1) is 0 Å². The second-order valence-electron chi connectivity index (χ2n) is 3.01. The molecule has 0 heterocycles. The topological polar surface area (TPSA) is 44.5 Å². The van der Waals surface area contributed by atoms with Crippen molar-refractivity contribution in [1.29, 1.82) is 0 Å². The zero-order chi connectivity index (χ0) is 12.1. The van der Waals surface area contributed by atoms with Crippen LogP contribution < -0.4 is 15.2 Å². The molecule has 0 unspecified atom stereocenters. The molecule has 0 bridgehead atoms. The minimum Gasteiger partial charge on any atom is -0.493 e. The van der Waals surface area contributed by atoms with Gasteiger partial charge in [-0.15, -0.1) is 0 Å². The van der Waals surface area contributed by atoms with Gasteiger partial charge in [0.1, 0.15) is 0 Å². The molecule has 0 aliphatic carbocycles. The predicted octanol–water partition coefficient (Wildman–Crippen LogP) is 2.13. The van der Waals surface area contributed by atoms with Crippen LogP contribution in [0.5, 0.6) is 11.5 Å². The fourth-order valence-electron chi connectivity index (χ4n) is 1.22. The third kappa shape index (κ3) is 3.62. The van der Waals surface area contributed by atoms with Gasteiger partial charge in [-0.3, -0.25) is 0 Å². The molecular formula is C10H11F2NO2S. The van der Waals surface area contributed by atoms with Crippen molar-refractivity contribution in [3.05, 3.63) is 23.8 Å². The monoisotopic (exact) mass is 247 g/mol. The van der Waals surface area contributed by atoms with E-state index in [2.05, 4.69) is 4.74 Å². The summed E-state index contributed by atoms with van der Waals surface area (Å²) in [7, 11) is 1.38. The molecule has 0 aromatic heterocycles. The number of methoxy groups -OCH3 is 1. The Kier molecular flexibility index (Phi) is 4.42. The van der Waals surface area contributed by atoms with Crippen molar-refractivity contribution in [3.8, 4) is 11.5 Å². The summed E-state index contributed by atoms with van der Waals surface area (Å²) < 4.78 is 33.4. The molecule has 0 saturated carbocycles. The van der Waals surface area contributed by atoms with Crippen LogP contribution in [0.15, 0.2) is 18.2 Å². The molecule has 0 aliphatic rings. The number of ether oxygens (including phenoxy) is 2. The molecule has 88 valence electrons. The second kappa shape index (κ2) is 5.60. The van der Waals surface area contributed by atoms with E-state index >= 15 is 0 Å². The zero-order valence-corrected chi connectivity index (χ0v) is 9.39. The maximum Gasteiger partial charge on any atom is 0.387 e. The van der Waals surface area contributed by atoms with Crippen LogP contribution in [0.3, 0.4) is 0 Å². The highest BCUT2D eigenvalue weighted by Gasteiger charge is 2.11. The number of nitrogens with two attached hydrogens (primary N) is 1. The Balaban J connectivity index is 2.96. The highest BCUT2D eigenvalue weighted by molar-refractivity contribution is 7.80. The van der Waals surface area contributed by atoms with E-state index in [1.54, 1.807) is 6.07 Å². The Morgan fingerprint density at radius 3 is 2.62 bits per heavy atom. The second-order valence-corrected chi connectivity index (χ2v) is 3.53. The first kappa shape index (κ1) is 12.6. The first-order valence-electron chi connectivity index (χ1n) is 4.43. The van der Waals surface area contributed by atoms with E-state index in [0.29, 0.717) is 12.0 Å². The van der Waals surface area contributed by atoms with Crippen LogP contribution in [-0.4, -0.2) is 18.7 Å². The standard InChI is InChI=1S/C10H11F2NO2S/c1-14-7-3-2-6(5-9(13)16)4-8(7)15-10(11)12/h2-4,10H,5H2,1H3,(H2,13,16). The van der Waals surface area contributed by atoms with Crippen LogP contribution in [0.1, 0.15) is 5.56 Å². The number of hydrogen-bond donors (Lipinski definition) is 1. The summed E-state index contributed by atoms with van der Waals surface area (Å²) in [6.07, 6.45) is 0.332. The highest BCUT2D eigenvalue weighted by Crippen LogP contribution is 2.29. The van der Waals surface area contributed by atoms with E-state index < -0.39 is 6.61 Å². The lowest BCUT2D eigenvalue weighted by Crippen LogP contribution is -2.11. The minimum absolute atomic E-state index is 0.0220. The van der Waals surface area contributed by atoms with Crippen molar-refractivity contribution >= 4 is 17.2 Å². The lowest BCUT2D eigenvalue weighted by Gasteiger charge is -2.11. The first-order valence-corrected chi connectivity index (χ1v) is 4.83. The Morgan fingerprint density at radius 1 is 1.44 bits per heavy atom. The summed E-state index contributed by atoms with van der Waals surface area (Å²) in [5, 5.41) is 0. The van der Waals surface area contributed by atoms with Gasteiger partial charge in [0.05, 0.1) is 12.1 Å². The van der Waals surface area contributed by atoms with Gasteiger partial charge in [-0.25, -0.2) is 0 Å². The summed E-state index contributed by atoms with van der Waals surface area (Å²) >= 11 is 4.73. The molecule has 0 saturated heterocycles. The van der Waals surface area contributed by atoms with Crippen molar-refractivity contribution in [2.75, 3.05) is 7.11 Å². The van der Waals surface area contributed by atoms with Gasteiger partial charge in [0.25, 0.3) is 0 Å². The predicted molar refractivity (Wildman–Crippen MR) is 60.1 cm³/mol. The number of thiocarbonyl (C=S) groups is 1. The molecule has 0 aliphatic heterocycles. The van der Waals surface area contributed by atoms with Gasteiger partial charge in [-0.1, -0.05) is 18.3 Å². The summed E-state index contributed by atoms with van der Waals surface area (Å²) in [5.74, 6) is 0.221. The van der Waals surface area contributed by atoms with E-state index in [1.165, 1.54) is 19.2 Å². The number of hydrogen-bond acceptors (Lipinski definition) is 3. The van der Waals surface area contributed by atoms with Gasteiger partial charge >= 0.3 is 6.61 Å². The molecule has 3 nitrogen and oxygen atoms in total. The van der Waals surface area contributed by atoms with Crippen LogP contribution in [0.2, 0.25) is 0 Å². The van der Waals surface area contributed by atoms with Crippen LogP contribution in [-0.2, 0) is 6.42 Å². The number of benzene rings is 1. The molecule has 0 spiro atoms. The van der Waals surface area contributed by atoms with Gasteiger partial charge in [0.2, 0.25) is 0 Å². The number of halogens is 2. The smallest absolute Gasteiger partial charge is 0.387 e. The summed E-state index contributed by atoms with van der Waals surface area (Å²) in [6, 6.07) is 4.66.